The summed E-state index contributed by atoms with van der Waals surface area (Å²) in [5.74, 6) is 0.624. The maximum Gasteiger partial charge on any atom is -0.00517 e. The third-order valence-electron chi connectivity index (χ3n) is 2.02. The van der Waals surface area contributed by atoms with Gasteiger partial charge >= 0.3 is 0 Å². The van der Waals surface area contributed by atoms with Crippen LogP contribution >= 0.6 is 0 Å². The average Bonchev–Trinajstić information content (AvgIpc) is 1.80. The standard InChI is InChI=1S/C9H14/c1-7-4-5-8(2)9(3)6-7/h6,9H,2,4-5H2,1,3H3. The van der Waals surface area contributed by atoms with E-state index in [1.807, 2.05) is 0 Å². The smallest absolute Gasteiger partial charge is 0.00517 e. The maximum absolute atomic E-state index is 3.99. The molecule has 0 aromatic rings. The molecule has 9 heavy (non-hydrogen) atoms. The summed E-state index contributed by atoms with van der Waals surface area (Å²) in [5.41, 5.74) is 2.91. The molecule has 0 aromatic carbocycles. The van der Waals surface area contributed by atoms with E-state index in [1.165, 1.54) is 24.0 Å². The minimum Gasteiger partial charge on any atom is -0.0993 e. The zero-order valence-electron chi connectivity index (χ0n) is 6.28. The van der Waals surface area contributed by atoms with E-state index < -0.39 is 0 Å². The molecule has 1 aliphatic rings. The van der Waals surface area contributed by atoms with E-state index in [0.29, 0.717) is 5.92 Å². The van der Waals surface area contributed by atoms with Crippen LogP contribution in [0.2, 0.25) is 0 Å². The summed E-state index contributed by atoms with van der Waals surface area (Å²) >= 11 is 0. The van der Waals surface area contributed by atoms with Crippen molar-refractivity contribution >= 4 is 0 Å². The zero-order chi connectivity index (χ0) is 6.85. The SMILES string of the molecule is C=C1CCC(C)=CC1C. The Morgan fingerprint density at radius 2 is 2.22 bits per heavy atom. The Hall–Kier alpha value is -0.520. The largest absolute Gasteiger partial charge is 0.0993 e. The summed E-state index contributed by atoms with van der Waals surface area (Å²) in [4.78, 5) is 0. The van der Waals surface area contributed by atoms with E-state index in [-0.39, 0.29) is 0 Å². The molecule has 0 saturated carbocycles. The Kier molecular flexibility index (Phi) is 1.75. The number of hydrogen-bond donors (Lipinski definition) is 0. The van der Waals surface area contributed by atoms with Crippen molar-refractivity contribution in [1.29, 1.82) is 0 Å². The third-order valence-corrected chi connectivity index (χ3v) is 2.02. The molecule has 0 radical (unpaired) electrons. The fraction of sp³-hybridized carbons (Fsp3) is 0.556. The lowest BCUT2D eigenvalue weighted by Gasteiger charge is -2.17. The Balaban J connectivity index is 2.69. The highest BCUT2D eigenvalue weighted by Gasteiger charge is 2.08. The van der Waals surface area contributed by atoms with Gasteiger partial charge in [0.1, 0.15) is 0 Å². The van der Waals surface area contributed by atoms with Crippen LogP contribution in [-0.4, -0.2) is 0 Å². The second-order valence-corrected chi connectivity index (χ2v) is 2.96. The van der Waals surface area contributed by atoms with Crippen LogP contribution in [0, 0.1) is 5.92 Å². The molecule has 0 bridgehead atoms. The van der Waals surface area contributed by atoms with Gasteiger partial charge in [-0.25, -0.2) is 0 Å². The highest BCUT2D eigenvalue weighted by atomic mass is 14.1. The summed E-state index contributed by atoms with van der Waals surface area (Å²) < 4.78 is 0. The Morgan fingerprint density at radius 1 is 1.56 bits per heavy atom. The summed E-state index contributed by atoms with van der Waals surface area (Å²) in [7, 11) is 0. The molecule has 0 aromatic heterocycles. The molecule has 1 atom stereocenters. The molecule has 0 saturated heterocycles. The van der Waals surface area contributed by atoms with Crippen LogP contribution in [0.3, 0.4) is 0 Å². The van der Waals surface area contributed by atoms with Crippen molar-refractivity contribution in [1.82, 2.24) is 0 Å². The van der Waals surface area contributed by atoms with Gasteiger partial charge in [-0.05, 0) is 25.7 Å². The first-order chi connectivity index (χ1) is 4.20. The quantitative estimate of drug-likeness (QED) is 0.433. The topological polar surface area (TPSA) is 0 Å². The minimum atomic E-state index is 0.624. The van der Waals surface area contributed by atoms with Crippen LogP contribution in [0.4, 0.5) is 0 Å². The fourth-order valence-electron chi connectivity index (χ4n) is 1.21. The predicted molar refractivity (Wildman–Crippen MR) is 41.3 cm³/mol. The van der Waals surface area contributed by atoms with Crippen LogP contribution < -0.4 is 0 Å². The highest BCUT2D eigenvalue weighted by Crippen LogP contribution is 2.25. The fourth-order valence-corrected chi connectivity index (χ4v) is 1.21. The summed E-state index contributed by atoms with van der Waals surface area (Å²) in [6, 6.07) is 0. The van der Waals surface area contributed by atoms with Crippen molar-refractivity contribution in [2.45, 2.75) is 26.7 Å². The average molecular weight is 122 g/mol. The van der Waals surface area contributed by atoms with Gasteiger partial charge in [0.2, 0.25) is 0 Å². The van der Waals surface area contributed by atoms with E-state index in [2.05, 4.69) is 26.5 Å². The van der Waals surface area contributed by atoms with Crippen molar-refractivity contribution in [2.75, 3.05) is 0 Å². The number of allylic oxidation sites excluding steroid dienone is 3. The zero-order valence-corrected chi connectivity index (χ0v) is 6.28. The molecular formula is C9H14. The molecule has 1 aliphatic carbocycles. The Morgan fingerprint density at radius 3 is 2.67 bits per heavy atom. The Bertz CT molecular complexity index is 151. The second kappa shape index (κ2) is 2.38. The van der Waals surface area contributed by atoms with Crippen LogP contribution in [0.1, 0.15) is 26.7 Å². The van der Waals surface area contributed by atoms with E-state index in [9.17, 15) is 0 Å². The van der Waals surface area contributed by atoms with Gasteiger partial charge in [0.15, 0.2) is 0 Å². The first kappa shape index (κ1) is 6.60. The molecule has 1 rings (SSSR count). The molecule has 0 spiro atoms. The summed E-state index contributed by atoms with van der Waals surface area (Å²) in [5, 5.41) is 0. The van der Waals surface area contributed by atoms with E-state index in [1.54, 1.807) is 0 Å². The van der Waals surface area contributed by atoms with Gasteiger partial charge in [-0.2, -0.15) is 0 Å². The summed E-state index contributed by atoms with van der Waals surface area (Å²) in [6.45, 7) is 8.40. The van der Waals surface area contributed by atoms with E-state index >= 15 is 0 Å². The van der Waals surface area contributed by atoms with Gasteiger partial charge in [-0.15, -0.1) is 0 Å². The van der Waals surface area contributed by atoms with Gasteiger partial charge < -0.3 is 0 Å². The molecule has 0 amide bonds. The summed E-state index contributed by atoms with van der Waals surface area (Å²) in [6.07, 6.45) is 4.73. The molecule has 50 valence electrons. The maximum atomic E-state index is 3.99. The molecule has 0 nitrogen and oxygen atoms in total. The first-order valence-corrected chi connectivity index (χ1v) is 3.55. The van der Waals surface area contributed by atoms with Gasteiger partial charge in [-0.1, -0.05) is 30.7 Å². The third kappa shape index (κ3) is 1.44. The van der Waals surface area contributed by atoms with Crippen LogP contribution in [0.5, 0.6) is 0 Å². The van der Waals surface area contributed by atoms with Crippen LogP contribution in [0.15, 0.2) is 23.8 Å². The molecule has 0 aliphatic heterocycles. The Labute approximate surface area is 57.3 Å². The van der Waals surface area contributed by atoms with E-state index in [0.717, 1.165) is 0 Å². The van der Waals surface area contributed by atoms with Gasteiger partial charge in [0, 0.05) is 0 Å². The monoisotopic (exact) mass is 122 g/mol. The van der Waals surface area contributed by atoms with Crippen molar-refractivity contribution in [2.24, 2.45) is 5.92 Å². The second-order valence-electron chi connectivity index (χ2n) is 2.96. The van der Waals surface area contributed by atoms with Crippen molar-refractivity contribution < 1.29 is 0 Å². The van der Waals surface area contributed by atoms with Crippen molar-refractivity contribution in [3.05, 3.63) is 23.8 Å². The van der Waals surface area contributed by atoms with Gasteiger partial charge in [0.05, 0.1) is 0 Å². The molecule has 0 fully saturated rings. The predicted octanol–water partition coefficient (Wildman–Crippen LogP) is 2.92. The lowest BCUT2D eigenvalue weighted by Crippen LogP contribution is -2.01. The first-order valence-electron chi connectivity index (χ1n) is 3.55. The molecule has 0 heterocycles. The van der Waals surface area contributed by atoms with E-state index in [4.69, 9.17) is 0 Å². The van der Waals surface area contributed by atoms with Gasteiger partial charge in [-0.3, -0.25) is 0 Å². The van der Waals surface area contributed by atoms with Crippen molar-refractivity contribution in [3.63, 3.8) is 0 Å². The molecule has 0 N–H and O–H groups in total. The van der Waals surface area contributed by atoms with Gasteiger partial charge in [0.25, 0.3) is 0 Å². The highest BCUT2D eigenvalue weighted by molar-refractivity contribution is 5.18. The molecule has 0 heteroatoms. The molecule has 1 unspecified atom stereocenters. The lowest BCUT2D eigenvalue weighted by molar-refractivity contribution is 0.723. The number of rotatable bonds is 0. The van der Waals surface area contributed by atoms with Crippen LogP contribution in [-0.2, 0) is 0 Å². The minimum absolute atomic E-state index is 0.624. The lowest BCUT2D eigenvalue weighted by atomic mass is 9.89. The van der Waals surface area contributed by atoms with Crippen molar-refractivity contribution in [3.8, 4) is 0 Å². The van der Waals surface area contributed by atoms with Crippen LogP contribution in [0.25, 0.3) is 0 Å². The number of hydrogen-bond acceptors (Lipinski definition) is 0. The normalized spacial score (nSPS) is 28.0. The molecular weight excluding hydrogens is 108 g/mol.